The molecule has 0 saturated heterocycles. The smallest absolute Gasteiger partial charge is 0.0695 e. The van der Waals surface area contributed by atoms with E-state index in [0.717, 1.165) is 12.2 Å². The summed E-state index contributed by atoms with van der Waals surface area (Å²) in [5.74, 6) is 0. The summed E-state index contributed by atoms with van der Waals surface area (Å²) in [5.41, 5.74) is 6.19. The molecular weight excluding hydrogens is 302 g/mol. The Hall–Kier alpha value is -1.91. The van der Waals surface area contributed by atoms with Crippen LogP contribution in [0.4, 0.5) is 0 Å². The van der Waals surface area contributed by atoms with Crippen molar-refractivity contribution in [1.29, 1.82) is 0 Å². The maximum absolute atomic E-state index is 4.28. The third kappa shape index (κ3) is 3.38. The molecule has 0 saturated carbocycles. The van der Waals surface area contributed by atoms with Crippen molar-refractivity contribution in [3.05, 3.63) is 63.5 Å². The van der Waals surface area contributed by atoms with Crippen LogP contribution in [0.3, 0.4) is 0 Å². The van der Waals surface area contributed by atoms with E-state index in [1.165, 1.54) is 27.1 Å². The summed E-state index contributed by atoms with van der Waals surface area (Å²) in [5, 5.41) is 9.59. The van der Waals surface area contributed by atoms with E-state index in [-0.39, 0.29) is 0 Å². The summed E-state index contributed by atoms with van der Waals surface area (Å²) in [6, 6.07) is 11.3. The summed E-state index contributed by atoms with van der Waals surface area (Å²) >= 11 is 1.81. The van der Waals surface area contributed by atoms with Gasteiger partial charge in [-0.1, -0.05) is 18.2 Å². The standard InChI is InChI=1S/C19H23N3S/c1-13-7-8-16(10-14(13)2)19-17(11-20-21-19)12-22(4)15(3)18-6-5-9-23-18/h5-11,15H,12H2,1-4H3,(H,20,21). The van der Waals surface area contributed by atoms with Gasteiger partial charge in [0.25, 0.3) is 0 Å². The number of aryl methyl sites for hydroxylation is 2. The Morgan fingerprint density at radius 3 is 2.74 bits per heavy atom. The van der Waals surface area contributed by atoms with Gasteiger partial charge in [0.05, 0.1) is 11.9 Å². The van der Waals surface area contributed by atoms with E-state index in [1.807, 2.05) is 17.5 Å². The summed E-state index contributed by atoms with van der Waals surface area (Å²) in [4.78, 5) is 3.75. The van der Waals surface area contributed by atoms with Gasteiger partial charge in [0, 0.05) is 28.6 Å². The Labute approximate surface area is 142 Å². The predicted octanol–water partition coefficient (Wildman–Crippen LogP) is 4.95. The van der Waals surface area contributed by atoms with E-state index >= 15 is 0 Å². The van der Waals surface area contributed by atoms with Gasteiger partial charge in [0.2, 0.25) is 0 Å². The highest BCUT2D eigenvalue weighted by atomic mass is 32.1. The second-order valence-electron chi connectivity index (χ2n) is 6.18. The normalized spacial score (nSPS) is 12.7. The van der Waals surface area contributed by atoms with Gasteiger partial charge in [-0.25, -0.2) is 0 Å². The number of aromatic amines is 1. The van der Waals surface area contributed by atoms with E-state index in [1.54, 1.807) is 0 Å². The van der Waals surface area contributed by atoms with Crippen LogP contribution in [0.15, 0.2) is 41.9 Å². The van der Waals surface area contributed by atoms with Gasteiger partial charge < -0.3 is 0 Å². The highest BCUT2D eigenvalue weighted by Crippen LogP contribution is 2.28. The van der Waals surface area contributed by atoms with E-state index in [2.05, 4.69) is 78.6 Å². The van der Waals surface area contributed by atoms with Crippen LogP contribution in [0.2, 0.25) is 0 Å². The molecule has 1 N–H and O–H groups in total. The first-order valence-electron chi connectivity index (χ1n) is 7.89. The Morgan fingerprint density at radius 1 is 1.22 bits per heavy atom. The summed E-state index contributed by atoms with van der Waals surface area (Å²) in [7, 11) is 2.17. The topological polar surface area (TPSA) is 31.9 Å². The molecule has 0 bridgehead atoms. The molecule has 0 radical (unpaired) electrons. The highest BCUT2D eigenvalue weighted by Gasteiger charge is 2.16. The number of thiophene rings is 1. The molecule has 2 aromatic heterocycles. The van der Waals surface area contributed by atoms with Gasteiger partial charge in [0.1, 0.15) is 0 Å². The number of nitrogens with zero attached hydrogens (tertiary/aromatic N) is 2. The molecule has 1 unspecified atom stereocenters. The zero-order valence-corrected chi connectivity index (χ0v) is 14.9. The zero-order chi connectivity index (χ0) is 16.4. The first-order chi connectivity index (χ1) is 11.1. The fraction of sp³-hybridized carbons (Fsp3) is 0.316. The monoisotopic (exact) mass is 325 g/mol. The van der Waals surface area contributed by atoms with Crippen molar-refractivity contribution in [3.8, 4) is 11.3 Å². The molecule has 0 spiro atoms. The zero-order valence-electron chi connectivity index (χ0n) is 14.1. The van der Waals surface area contributed by atoms with Crippen molar-refractivity contribution in [3.63, 3.8) is 0 Å². The van der Waals surface area contributed by atoms with Crippen molar-refractivity contribution in [2.24, 2.45) is 0 Å². The number of nitrogens with one attached hydrogen (secondary N) is 1. The van der Waals surface area contributed by atoms with Crippen LogP contribution in [0.25, 0.3) is 11.3 Å². The minimum absolute atomic E-state index is 0.400. The molecular formula is C19H23N3S. The lowest BCUT2D eigenvalue weighted by Crippen LogP contribution is -2.21. The lowest BCUT2D eigenvalue weighted by atomic mass is 10.0. The van der Waals surface area contributed by atoms with Gasteiger partial charge in [0.15, 0.2) is 0 Å². The molecule has 120 valence electrons. The van der Waals surface area contributed by atoms with Crippen molar-refractivity contribution < 1.29 is 0 Å². The average molecular weight is 325 g/mol. The van der Waals surface area contributed by atoms with Crippen molar-refractivity contribution in [1.82, 2.24) is 15.1 Å². The number of rotatable bonds is 5. The average Bonchev–Trinajstić information content (AvgIpc) is 3.20. The number of hydrogen-bond donors (Lipinski definition) is 1. The molecule has 2 heterocycles. The Kier molecular flexibility index (Phi) is 4.64. The van der Waals surface area contributed by atoms with Crippen LogP contribution in [-0.2, 0) is 6.54 Å². The van der Waals surface area contributed by atoms with Gasteiger partial charge in [-0.15, -0.1) is 11.3 Å². The molecule has 0 amide bonds. The number of H-pyrrole nitrogens is 1. The van der Waals surface area contributed by atoms with Crippen LogP contribution in [0.5, 0.6) is 0 Å². The molecule has 0 aliphatic heterocycles. The molecule has 3 aromatic rings. The molecule has 4 heteroatoms. The fourth-order valence-corrected chi connectivity index (χ4v) is 3.58. The number of aromatic nitrogens is 2. The lowest BCUT2D eigenvalue weighted by molar-refractivity contribution is 0.257. The van der Waals surface area contributed by atoms with Gasteiger partial charge in [-0.2, -0.15) is 5.10 Å². The van der Waals surface area contributed by atoms with Crippen molar-refractivity contribution in [2.75, 3.05) is 7.05 Å². The molecule has 3 rings (SSSR count). The molecule has 0 aliphatic carbocycles. The van der Waals surface area contributed by atoms with E-state index in [9.17, 15) is 0 Å². The van der Waals surface area contributed by atoms with E-state index in [0.29, 0.717) is 6.04 Å². The molecule has 3 nitrogen and oxygen atoms in total. The third-order valence-electron chi connectivity index (χ3n) is 4.55. The number of benzene rings is 1. The Morgan fingerprint density at radius 2 is 2.04 bits per heavy atom. The second-order valence-corrected chi connectivity index (χ2v) is 7.16. The first kappa shape index (κ1) is 16.0. The molecule has 1 atom stereocenters. The largest absolute Gasteiger partial charge is 0.294 e. The minimum atomic E-state index is 0.400. The van der Waals surface area contributed by atoms with Crippen molar-refractivity contribution >= 4 is 11.3 Å². The van der Waals surface area contributed by atoms with E-state index < -0.39 is 0 Å². The maximum atomic E-state index is 4.28. The maximum Gasteiger partial charge on any atom is 0.0695 e. The van der Waals surface area contributed by atoms with Crippen molar-refractivity contribution in [2.45, 2.75) is 33.4 Å². The van der Waals surface area contributed by atoms with Gasteiger partial charge in [-0.3, -0.25) is 10.00 Å². The molecule has 1 aromatic carbocycles. The lowest BCUT2D eigenvalue weighted by Gasteiger charge is -2.23. The Balaban J connectivity index is 1.82. The molecule has 23 heavy (non-hydrogen) atoms. The number of hydrogen-bond acceptors (Lipinski definition) is 3. The van der Waals surface area contributed by atoms with Crippen LogP contribution in [0.1, 0.15) is 34.5 Å². The van der Waals surface area contributed by atoms with Crippen LogP contribution in [0, 0.1) is 13.8 Å². The van der Waals surface area contributed by atoms with Crippen LogP contribution in [-0.4, -0.2) is 22.1 Å². The Bertz CT molecular complexity index is 774. The molecule has 0 fully saturated rings. The van der Waals surface area contributed by atoms with Crippen LogP contribution < -0.4 is 0 Å². The summed E-state index contributed by atoms with van der Waals surface area (Å²) in [6.07, 6.45) is 1.95. The third-order valence-corrected chi connectivity index (χ3v) is 5.59. The molecule has 0 aliphatic rings. The summed E-state index contributed by atoms with van der Waals surface area (Å²) < 4.78 is 0. The van der Waals surface area contributed by atoms with Gasteiger partial charge >= 0.3 is 0 Å². The summed E-state index contributed by atoms with van der Waals surface area (Å²) in [6.45, 7) is 7.42. The first-order valence-corrected chi connectivity index (χ1v) is 8.77. The predicted molar refractivity (Wildman–Crippen MR) is 97.7 cm³/mol. The highest BCUT2D eigenvalue weighted by molar-refractivity contribution is 7.10. The quantitative estimate of drug-likeness (QED) is 0.720. The SMILES string of the molecule is Cc1ccc(-c2[nH]ncc2CN(C)C(C)c2cccs2)cc1C. The fourth-order valence-electron chi connectivity index (χ4n) is 2.73. The van der Waals surface area contributed by atoms with Crippen LogP contribution >= 0.6 is 11.3 Å². The van der Waals surface area contributed by atoms with Gasteiger partial charge in [-0.05, 0) is 56.5 Å². The second kappa shape index (κ2) is 6.69. The van der Waals surface area contributed by atoms with E-state index in [4.69, 9.17) is 0 Å². The minimum Gasteiger partial charge on any atom is -0.294 e.